The first kappa shape index (κ1) is 12.5. The zero-order valence-electron chi connectivity index (χ0n) is 11.5. The lowest BCUT2D eigenvalue weighted by Crippen LogP contribution is -2.31. The summed E-state index contributed by atoms with van der Waals surface area (Å²) >= 11 is 0. The van der Waals surface area contributed by atoms with E-state index < -0.39 is 0 Å². The first-order chi connectivity index (χ1) is 9.16. The van der Waals surface area contributed by atoms with Crippen LogP contribution in [0.15, 0.2) is 18.2 Å². The molecule has 19 heavy (non-hydrogen) atoms. The third-order valence-corrected chi connectivity index (χ3v) is 4.16. The average molecular weight is 260 g/mol. The van der Waals surface area contributed by atoms with Crippen molar-refractivity contribution in [3.63, 3.8) is 0 Å². The number of aryl methyl sites for hydroxylation is 1. The first-order valence-corrected chi connectivity index (χ1v) is 6.91. The van der Waals surface area contributed by atoms with Gasteiger partial charge in [0.15, 0.2) is 0 Å². The van der Waals surface area contributed by atoms with Crippen LogP contribution in [-0.2, 0) is 6.42 Å². The lowest BCUT2D eigenvalue weighted by Gasteiger charge is -2.29. The maximum Gasteiger partial charge on any atom is 0.414 e. The molecule has 1 aromatic carbocycles. The number of fused-ring (bicyclic) bond motifs is 3. The van der Waals surface area contributed by atoms with Crippen LogP contribution in [0.2, 0.25) is 0 Å². The number of carbonyl (C=O) groups is 1. The minimum atomic E-state index is -0.304. The van der Waals surface area contributed by atoms with E-state index in [1.807, 2.05) is 12.1 Å². The molecule has 1 fully saturated rings. The Kier molecular flexibility index (Phi) is 3.19. The van der Waals surface area contributed by atoms with Crippen molar-refractivity contribution in [3.05, 3.63) is 29.3 Å². The molecule has 1 amide bonds. The van der Waals surface area contributed by atoms with Gasteiger partial charge < -0.3 is 15.0 Å². The molecule has 1 heterocycles. The summed E-state index contributed by atoms with van der Waals surface area (Å²) in [6.45, 7) is 1.06. The molecule has 2 unspecified atom stereocenters. The third-order valence-electron chi connectivity index (χ3n) is 4.16. The highest BCUT2D eigenvalue weighted by Crippen LogP contribution is 2.42. The van der Waals surface area contributed by atoms with Gasteiger partial charge in [-0.3, -0.25) is 0 Å². The van der Waals surface area contributed by atoms with Gasteiger partial charge in [-0.15, -0.1) is 0 Å². The van der Waals surface area contributed by atoms with E-state index in [-0.39, 0.29) is 6.09 Å². The van der Waals surface area contributed by atoms with Crippen LogP contribution in [0.5, 0.6) is 5.75 Å². The maximum atomic E-state index is 11.8. The summed E-state index contributed by atoms with van der Waals surface area (Å²) in [7, 11) is 3.41. The van der Waals surface area contributed by atoms with Crippen molar-refractivity contribution in [2.24, 2.45) is 0 Å². The van der Waals surface area contributed by atoms with Gasteiger partial charge in [0, 0.05) is 31.6 Å². The summed E-state index contributed by atoms with van der Waals surface area (Å²) in [4.78, 5) is 13.2. The van der Waals surface area contributed by atoms with E-state index in [0.29, 0.717) is 12.0 Å². The van der Waals surface area contributed by atoms with Crippen LogP contribution >= 0.6 is 0 Å². The van der Waals surface area contributed by atoms with E-state index in [4.69, 9.17) is 4.74 Å². The SMILES string of the molecule is CN(C)C(=O)Oc1cccc2c1C1CCNC1CC2. The number of nitrogens with zero attached hydrogens (tertiary/aromatic N) is 1. The molecule has 0 spiro atoms. The number of amides is 1. The first-order valence-electron chi connectivity index (χ1n) is 6.91. The van der Waals surface area contributed by atoms with Crippen molar-refractivity contribution in [1.82, 2.24) is 10.2 Å². The smallest absolute Gasteiger partial charge is 0.410 e. The van der Waals surface area contributed by atoms with Crippen LogP contribution in [0.3, 0.4) is 0 Å². The molecule has 2 atom stereocenters. The predicted molar refractivity (Wildman–Crippen MR) is 73.6 cm³/mol. The third kappa shape index (κ3) is 2.21. The Labute approximate surface area is 113 Å². The van der Waals surface area contributed by atoms with E-state index in [2.05, 4.69) is 11.4 Å². The molecule has 2 aliphatic rings. The number of hydrogen-bond donors (Lipinski definition) is 1. The molecule has 0 bridgehead atoms. The van der Waals surface area contributed by atoms with E-state index in [1.165, 1.54) is 22.4 Å². The fourth-order valence-electron chi connectivity index (χ4n) is 3.23. The fourth-order valence-corrected chi connectivity index (χ4v) is 3.23. The summed E-state index contributed by atoms with van der Waals surface area (Å²) in [6, 6.07) is 6.61. The number of hydrogen-bond acceptors (Lipinski definition) is 3. The molecule has 1 saturated heterocycles. The molecule has 0 saturated carbocycles. The van der Waals surface area contributed by atoms with Crippen LogP contribution in [0.25, 0.3) is 0 Å². The van der Waals surface area contributed by atoms with Crippen LogP contribution in [0, 0.1) is 0 Å². The van der Waals surface area contributed by atoms with E-state index in [0.717, 1.165) is 25.1 Å². The molecule has 102 valence electrons. The standard InChI is InChI=1S/C15H20N2O2/c1-17(2)15(18)19-13-5-3-4-10-6-7-12-11(14(10)13)8-9-16-12/h3-5,11-12,16H,6-9H2,1-2H3. The zero-order chi connectivity index (χ0) is 13.4. The van der Waals surface area contributed by atoms with Gasteiger partial charge in [-0.2, -0.15) is 0 Å². The fraction of sp³-hybridized carbons (Fsp3) is 0.533. The van der Waals surface area contributed by atoms with Crippen molar-refractivity contribution in [1.29, 1.82) is 0 Å². The molecule has 1 aliphatic heterocycles. The summed E-state index contributed by atoms with van der Waals surface area (Å²) in [5.41, 5.74) is 2.59. The highest BCUT2D eigenvalue weighted by molar-refractivity contribution is 5.71. The quantitative estimate of drug-likeness (QED) is 0.841. The Hall–Kier alpha value is -1.55. The van der Waals surface area contributed by atoms with Crippen LogP contribution in [0.1, 0.15) is 29.9 Å². The topological polar surface area (TPSA) is 41.6 Å². The Morgan fingerprint density at radius 1 is 1.37 bits per heavy atom. The number of carbonyl (C=O) groups excluding carboxylic acids is 1. The molecule has 0 radical (unpaired) electrons. The van der Waals surface area contributed by atoms with Crippen molar-refractivity contribution in [2.75, 3.05) is 20.6 Å². The van der Waals surface area contributed by atoms with Crippen molar-refractivity contribution in [2.45, 2.75) is 31.2 Å². The van der Waals surface area contributed by atoms with Crippen LogP contribution in [0.4, 0.5) is 4.79 Å². The summed E-state index contributed by atoms with van der Waals surface area (Å²) < 4.78 is 5.54. The number of ether oxygens (including phenoxy) is 1. The molecule has 1 aliphatic carbocycles. The average Bonchev–Trinajstić information content (AvgIpc) is 2.86. The molecule has 1 N–H and O–H groups in total. The van der Waals surface area contributed by atoms with Crippen molar-refractivity contribution < 1.29 is 9.53 Å². The van der Waals surface area contributed by atoms with E-state index >= 15 is 0 Å². The summed E-state index contributed by atoms with van der Waals surface area (Å²) in [5.74, 6) is 1.24. The van der Waals surface area contributed by atoms with Gasteiger partial charge in [0.2, 0.25) is 0 Å². The Bertz CT molecular complexity index is 499. The van der Waals surface area contributed by atoms with Gasteiger partial charge in [0.05, 0.1) is 0 Å². The minimum absolute atomic E-state index is 0.304. The maximum absolute atomic E-state index is 11.8. The molecule has 0 aromatic heterocycles. The summed E-state index contributed by atoms with van der Waals surface area (Å²) in [6.07, 6.45) is 3.08. The Balaban J connectivity index is 1.95. The molecule has 1 aromatic rings. The zero-order valence-corrected chi connectivity index (χ0v) is 11.5. The van der Waals surface area contributed by atoms with E-state index in [9.17, 15) is 4.79 Å². The van der Waals surface area contributed by atoms with Crippen molar-refractivity contribution >= 4 is 6.09 Å². The lowest BCUT2D eigenvalue weighted by atomic mass is 9.79. The second-order valence-corrected chi connectivity index (χ2v) is 5.59. The molecule has 4 nitrogen and oxygen atoms in total. The van der Waals surface area contributed by atoms with Gasteiger partial charge in [0.1, 0.15) is 5.75 Å². The Morgan fingerprint density at radius 3 is 3.00 bits per heavy atom. The predicted octanol–water partition coefficient (Wildman–Crippen LogP) is 2.14. The van der Waals surface area contributed by atoms with Gasteiger partial charge in [-0.1, -0.05) is 12.1 Å². The summed E-state index contributed by atoms with van der Waals surface area (Å²) in [5, 5.41) is 3.55. The minimum Gasteiger partial charge on any atom is -0.410 e. The number of nitrogens with one attached hydrogen (secondary N) is 1. The van der Waals surface area contributed by atoms with Crippen LogP contribution in [-0.4, -0.2) is 37.7 Å². The molecule has 3 rings (SSSR count). The normalized spacial score (nSPS) is 24.5. The number of rotatable bonds is 1. The van der Waals surface area contributed by atoms with Gasteiger partial charge in [-0.05, 0) is 37.4 Å². The van der Waals surface area contributed by atoms with E-state index in [1.54, 1.807) is 14.1 Å². The lowest BCUT2D eigenvalue weighted by molar-refractivity contribution is 0.171. The number of benzene rings is 1. The molecule has 4 heteroatoms. The molecular weight excluding hydrogens is 240 g/mol. The Morgan fingerprint density at radius 2 is 2.21 bits per heavy atom. The highest BCUT2D eigenvalue weighted by atomic mass is 16.6. The van der Waals surface area contributed by atoms with Crippen LogP contribution < -0.4 is 10.1 Å². The van der Waals surface area contributed by atoms with Gasteiger partial charge in [-0.25, -0.2) is 4.79 Å². The highest BCUT2D eigenvalue weighted by Gasteiger charge is 2.35. The monoisotopic (exact) mass is 260 g/mol. The second kappa shape index (κ2) is 4.85. The van der Waals surface area contributed by atoms with Gasteiger partial charge >= 0.3 is 6.09 Å². The molecular formula is C15H20N2O2. The van der Waals surface area contributed by atoms with Gasteiger partial charge in [0.25, 0.3) is 0 Å². The second-order valence-electron chi connectivity index (χ2n) is 5.59. The van der Waals surface area contributed by atoms with Crippen molar-refractivity contribution in [3.8, 4) is 5.75 Å². The largest absolute Gasteiger partial charge is 0.414 e.